The highest BCUT2D eigenvalue weighted by molar-refractivity contribution is 6.12. The maximum Gasteiger partial charge on any atom is 0.341 e. The van der Waals surface area contributed by atoms with Crippen LogP contribution in [0.3, 0.4) is 0 Å². The smallest absolute Gasteiger partial charge is 0.341 e. The van der Waals surface area contributed by atoms with Crippen molar-refractivity contribution in [3.05, 3.63) is 94.6 Å². The van der Waals surface area contributed by atoms with Crippen LogP contribution in [0.1, 0.15) is 62.5 Å². The van der Waals surface area contributed by atoms with Gasteiger partial charge in [0, 0.05) is 30.9 Å². The molecule has 3 aromatic rings. The van der Waals surface area contributed by atoms with Crippen LogP contribution in [-0.4, -0.2) is 34.8 Å². The number of benzene rings is 1. The topological polar surface area (TPSA) is 81.2 Å². The van der Waals surface area contributed by atoms with Gasteiger partial charge in [-0.05, 0) is 54.8 Å². The first-order valence-electron chi connectivity index (χ1n) is 11.3. The Balaban J connectivity index is 1.30. The maximum absolute atomic E-state index is 13.7. The monoisotopic (exact) mass is 437 g/mol. The largest absolute Gasteiger partial charge is 0.449 e. The van der Waals surface area contributed by atoms with Gasteiger partial charge in [-0.25, -0.2) is 4.79 Å². The van der Waals surface area contributed by atoms with E-state index in [0.717, 1.165) is 41.8 Å². The van der Waals surface area contributed by atoms with Crippen molar-refractivity contribution in [2.24, 2.45) is 0 Å². The van der Waals surface area contributed by atoms with E-state index in [9.17, 15) is 9.59 Å². The number of carbonyl (C=O) groups excluding carboxylic acids is 2. The van der Waals surface area contributed by atoms with E-state index in [1.165, 1.54) is 0 Å². The van der Waals surface area contributed by atoms with Crippen molar-refractivity contribution < 1.29 is 14.3 Å². The minimum atomic E-state index is -0.664. The Bertz CT molecular complexity index is 1270. The van der Waals surface area contributed by atoms with Crippen molar-refractivity contribution in [1.82, 2.24) is 15.3 Å². The molecule has 1 saturated heterocycles. The fourth-order valence-electron chi connectivity index (χ4n) is 5.06. The number of esters is 1. The van der Waals surface area contributed by atoms with Gasteiger partial charge in [0.25, 0.3) is 0 Å². The lowest BCUT2D eigenvalue weighted by atomic mass is 9.85. The second kappa shape index (κ2) is 7.46. The lowest BCUT2D eigenvalue weighted by Gasteiger charge is -2.21. The molecule has 0 amide bonds. The Morgan fingerprint density at radius 3 is 2.52 bits per heavy atom. The highest BCUT2D eigenvalue weighted by Gasteiger charge is 2.55. The Labute approximate surface area is 191 Å². The zero-order valence-electron chi connectivity index (χ0n) is 18.1. The number of ether oxygens (including phenoxy) is 1. The molecule has 4 heterocycles. The summed E-state index contributed by atoms with van der Waals surface area (Å²) in [5.74, 6) is -0.521. The van der Waals surface area contributed by atoms with Crippen molar-refractivity contribution in [2.75, 3.05) is 13.1 Å². The summed E-state index contributed by atoms with van der Waals surface area (Å²) in [5.41, 5.74) is 3.00. The fraction of sp³-hybridized carbons (Fsp3) is 0.259. The molecule has 0 radical (unpaired) electrons. The van der Waals surface area contributed by atoms with Crippen LogP contribution in [0.5, 0.6) is 0 Å². The highest BCUT2D eigenvalue weighted by atomic mass is 16.6. The number of rotatable bonds is 5. The average molecular weight is 437 g/mol. The molecule has 6 heteroatoms. The number of carbonyl (C=O) groups is 2. The Hall–Kier alpha value is -3.64. The molecule has 2 aliphatic heterocycles. The number of Topliss-reactive ketones (excluding diaryl/α,β-unsaturated/α-hetero) is 1. The molecule has 1 aromatic carbocycles. The summed E-state index contributed by atoms with van der Waals surface area (Å²) in [6.07, 6.45) is 9.58. The number of hydrogen-bond donors (Lipinski definition) is 1. The molecule has 164 valence electrons. The van der Waals surface area contributed by atoms with Crippen LogP contribution in [0.4, 0.5) is 0 Å². The summed E-state index contributed by atoms with van der Waals surface area (Å²) >= 11 is 0. The minimum Gasteiger partial charge on any atom is -0.449 e. The van der Waals surface area contributed by atoms with Crippen molar-refractivity contribution in [3.63, 3.8) is 0 Å². The Kier molecular flexibility index (Phi) is 4.52. The van der Waals surface area contributed by atoms with Crippen LogP contribution in [0.2, 0.25) is 0 Å². The van der Waals surface area contributed by atoms with Gasteiger partial charge in [-0.2, -0.15) is 0 Å². The summed E-state index contributed by atoms with van der Waals surface area (Å²) in [6.45, 7) is 1.35. The van der Waals surface area contributed by atoms with Crippen LogP contribution in [-0.2, 0) is 15.8 Å². The molecule has 1 atom stereocenters. The average Bonchev–Trinajstić information content (AvgIpc) is 3.45. The number of pyridine rings is 2. The number of nitrogens with one attached hydrogen (secondary N) is 1. The molecule has 1 N–H and O–H groups in total. The van der Waals surface area contributed by atoms with Crippen molar-refractivity contribution in [1.29, 1.82) is 0 Å². The maximum atomic E-state index is 13.7. The molecule has 1 unspecified atom stereocenters. The van der Waals surface area contributed by atoms with E-state index in [2.05, 4.69) is 15.3 Å². The van der Waals surface area contributed by atoms with Gasteiger partial charge in [0.1, 0.15) is 5.69 Å². The Morgan fingerprint density at radius 1 is 0.970 bits per heavy atom. The molecule has 1 aliphatic carbocycles. The number of ketones is 1. The third kappa shape index (κ3) is 3.21. The first-order valence-corrected chi connectivity index (χ1v) is 11.3. The normalized spacial score (nSPS) is 22.5. The second-order valence-electron chi connectivity index (χ2n) is 9.01. The lowest BCUT2D eigenvalue weighted by molar-refractivity contribution is 0.00158. The molecule has 6 rings (SSSR count). The van der Waals surface area contributed by atoms with Gasteiger partial charge >= 0.3 is 5.97 Å². The summed E-state index contributed by atoms with van der Waals surface area (Å²) in [6, 6.07) is 15.7. The van der Waals surface area contributed by atoms with Gasteiger partial charge in [-0.1, -0.05) is 36.4 Å². The fourth-order valence-corrected chi connectivity index (χ4v) is 5.06. The molecule has 2 fully saturated rings. The predicted octanol–water partition coefficient (Wildman–Crippen LogP) is 3.92. The number of fused-ring (bicyclic) bond motifs is 2. The third-order valence-electron chi connectivity index (χ3n) is 7.05. The van der Waals surface area contributed by atoms with E-state index in [4.69, 9.17) is 4.74 Å². The minimum absolute atomic E-state index is 0.0870. The summed E-state index contributed by atoms with van der Waals surface area (Å²) in [4.78, 5) is 35.2. The van der Waals surface area contributed by atoms with Crippen LogP contribution in [0, 0.1) is 0 Å². The summed E-state index contributed by atoms with van der Waals surface area (Å²) in [5, 5.41) is 3.27. The highest BCUT2D eigenvalue weighted by Crippen LogP contribution is 2.52. The van der Waals surface area contributed by atoms with Crippen LogP contribution in [0.15, 0.2) is 60.9 Å². The molecular formula is C27H23N3O3. The first kappa shape index (κ1) is 20.0. The standard InChI is InChI=1S/C27H23N3O3/c31-24(23-22-21(10-15-30-23)27(33-25(22)32)13-16-28-17-27)26(11-12-26)19-7-4-18(5-8-19)6-9-20-3-1-2-14-29-20/h1-10,14-15,28H,11-13,16-17H2. The molecule has 2 aromatic heterocycles. The van der Waals surface area contributed by atoms with Gasteiger partial charge in [0.2, 0.25) is 0 Å². The molecule has 1 saturated carbocycles. The van der Waals surface area contributed by atoms with Crippen molar-refractivity contribution >= 4 is 23.9 Å². The zero-order chi connectivity index (χ0) is 22.5. The summed E-state index contributed by atoms with van der Waals surface area (Å²) < 4.78 is 5.78. The van der Waals surface area contributed by atoms with Crippen LogP contribution >= 0.6 is 0 Å². The second-order valence-corrected chi connectivity index (χ2v) is 9.01. The zero-order valence-corrected chi connectivity index (χ0v) is 18.1. The van der Waals surface area contributed by atoms with E-state index in [1.807, 2.05) is 60.7 Å². The van der Waals surface area contributed by atoms with Crippen LogP contribution < -0.4 is 5.32 Å². The quantitative estimate of drug-likeness (QED) is 0.481. The van der Waals surface area contributed by atoms with Gasteiger partial charge in [0.15, 0.2) is 11.4 Å². The number of aromatic nitrogens is 2. The van der Waals surface area contributed by atoms with Gasteiger partial charge < -0.3 is 10.1 Å². The van der Waals surface area contributed by atoms with Crippen molar-refractivity contribution in [3.8, 4) is 0 Å². The van der Waals surface area contributed by atoms with Gasteiger partial charge in [-0.3, -0.25) is 14.8 Å². The molecule has 33 heavy (non-hydrogen) atoms. The van der Waals surface area contributed by atoms with E-state index in [-0.39, 0.29) is 11.5 Å². The van der Waals surface area contributed by atoms with Crippen LogP contribution in [0.25, 0.3) is 12.2 Å². The first-order chi connectivity index (χ1) is 16.1. The van der Waals surface area contributed by atoms with E-state index in [1.54, 1.807) is 12.4 Å². The molecule has 1 spiro atoms. The molecular weight excluding hydrogens is 414 g/mol. The summed E-state index contributed by atoms with van der Waals surface area (Å²) in [7, 11) is 0. The Morgan fingerprint density at radius 2 is 1.82 bits per heavy atom. The lowest BCUT2D eigenvalue weighted by Crippen LogP contribution is -2.29. The van der Waals surface area contributed by atoms with E-state index in [0.29, 0.717) is 18.5 Å². The van der Waals surface area contributed by atoms with Gasteiger partial charge in [-0.15, -0.1) is 0 Å². The van der Waals surface area contributed by atoms with E-state index >= 15 is 0 Å². The SMILES string of the molecule is O=C1OC2(CCNC2)c2ccnc(C(=O)C3(c4ccc(C=Cc5ccccn5)cc4)CC3)c21. The third-order valence-corrected chi connectivity index (χ3v) is 7.05. The van der Waals surface area contributed by atoms with E-state index < -0.39 is 17.0 Å². The number of hydrogen-bond acceptors (Lipinski definition) is 6. The predicted molar refractivity (Wildman–Crippen MR) is 124 cm³/mol. The molecule has 6 nitrogen and oxygen atoms in total. The molecule has 3 aliphatic rings. The number of nitrogens with zero attached hydrogens (tertiary/aromatic N) is 2. The van der Waals surface area contributed by atoms with Crippen molar-refractivity contribution in [2.45, 2.75) is 30.3 Å². The van der Waals surface area contributed by atoms with Gasteiger partial charge in [0.05, 0.1) is 16.7 Å². The molecule has 0 bridgehead atoms.